The van der Waals surface area contributed by atoms with Crippen molar-refractivity contribution in [3.05, 3.63) is 16.3 Å². The van der Waals surface area contributed by atoms with Crippen LogP contribution in [0.4, 0.5) is 0 Å². The average molecular weight is 197 g/mol. The van der Waals surface area contributed by atoms with Gasteiger partial charge in [-0.3, -0.25) is 4.57 Å². The second-order valence-corrected chi connectivity index (χ2v) is 3.61. The van der Waals surface area contributed by atoms with E-state index in [-0.39, 0.29) is 12.3 Å². The molecule has 0 amide bonds. The maximum absolute atomic E-state index is 11.7. The summed E-state index contributed by atoms with van der Waals surface area (Å²) in [6.45, 7) is 1.05. The number of hydrogen-bond acceptors (Lipinski definition) is 3. The van der Waals surface area contributed by atoms with Gasteiger partial charge in [0.05, 0.1) is 13.2 Å². The monoisotopic (exact) mass is 197 g/mol. The van der Waals surface area contributed by atoms with Crippen molar-refractivity contribution in [1.82, 2.24) is 14.3 Å². The second-order valence-electron chi connectivity index (χ2n) is 3.61. The zero-order valence-corrected chi connectivity index (χ0v) is 8.15. The Morgan fingerprint density at radius 1 is 1.36 bits per heavy atom. The van der Waals surface area contributed by atoms with Gasteiger partial charge < -0.3 is 5.11 Å². The molecule has 0 bridgehead atoms. The lowest BCUT2D eigenvalue weighted by Gasteiger charge is -1.97. The van der Waals surface area contributed by atoms with Gasteiger partial charge in [0.25, 0.3) is 0 Å². The third kappa shape index (κ3) is 1.59. The standard InChI is InChI=1S/C9H15N3O2/c13-7-6-12-9(14)11-5-3-1-2-4-8(11)10-12/h13H,1-7H2. The molecule has 78 valence electrons. The number of rotatable bonds is 2. The van der Waals surface area contributed by atoms with Gasteiger partial charge in [0.15, 0.2) is 0 Å². The smallest absolute Gasteiger partial charge is 0.345 e. The Morgan fingerprint density at radius 2 is 2.21 bits per heavy atom. The van der Waals surface area contributed by atoms with Gasteiger partial charge in [-0.25, -0.2) is 9.48 Å². The van der Waals surface area contributed by atoms with Crippen molar-refractivity contribution in [3.8, 4) is 0 Å². The Bertz CT molecular complexity index is 367. The lowest BCUT2D eigenvalue weighted by atomic mass is 10.2. The van der Waals surface area contributed by atoms with Crippen LogP contribution in [0.2, 0.25) is 0 Å². The Hall–Kier alpha value is -1.10. The van der Waals surface area contributed by atoms with Crippen LogP contribution < -0.4 is 5.69 Å². The molecule has 0 saturated heterocycles. The highest BCUT2D eigenvalue weighted by molar-refractivity contribution is 4.90. The van der Waals surface area contributed by atoms with E-state index in [1.165, 1.54) is 11.1 Å². The number of aliphatic hydroxyl groups is 1. The number of fused-ring (bicyclic) bond motifs is 1. The molecule has 0 atom stereocenters. The van der Waals surface area contributed by atoms with Crippen LogP contribution >= 0.6 is 0 Å². The normalized spacial score (nSPS) is 16.4. The Morgan fingerprint density at radius 3 is 3.00 bits per heavy atom. The summed E-state index contributed by atoms with van der Waals surface area (Å²) in [6, 6.07) is 0. The Kier molecular flexibility index (Phi) is 2.67. The van der Waals surface area contributed by atoms with Crippen molar-refractivity contribution in [2.75, 3.05) is 6.61 Å². The molecule has 2 heterocycles. The van der Waals surface area contributed by atoms with Crippen molar-refractivity contribution >= 4 is 0 Å². The number of nitrogens with zero attached hydrogens (tertiary/aromatic N) is 3. The highest BCUT2D eigenvalue weighted by Crippen LogP contribution is 2.09. The average Bonchev–Trinajstić information content (AvgIpc) is 2.41. The first-order chi connectivity index (χ1) is 6.83. The van der Waals surface area contributed by atoms with Crippen LogP contribution in [0.5, 0.6) is 0 Å². The fraction of sp³-hybridized carbons (Fsp3) is 0.778. The minimum atomic E-state index is -0.0732. The summed E-state index contributed by atoms with van der Waals surface area (Å²) in [6.07, 6.45) is 4.21. The number of aliphatic hydroxyl groups excluding tert-OH is 1. The van der Waals surface area contributed by atoms with E-state index in [4.69, 9.17) is 5.11 Å². The van der Waals surface area contributed by atoms with Crippen molar-refractivity contribution in [2.45, 2.75) is 38.8 Å². The maximum Gasteiger partial charge on any atom is 0.345 e. The highest BCUT2D eigenvalue weighted by Gasteiger charge is 2.14. The molecule has 0 aliphatic carbocycles. The maximum atomic E-state index is 11.7. The van der Waals surface area contributed by atoms with Gasteiger partial charge in [-0.1, -0.05) is 6.42 Å². The van der Waals surface area contributed by atoms with E-state index in [0.717, 1.165) is 31.6 Å². The first kappa shape index (κ1) is 9.45. The Balaban J connectivity index is 2.35. The van der Waals surface area contributed by atoms with E-state index < -0.39 is 0 Å². The molecule has 0 saturated carbocycles. The first-order valence-corrected chi connectivity index (χ1v) is 5.10. The molecule has 1 N–H and O–H groups in total. The minimum Gasteiger partial charge on any atom is -0.394 e. The molecule has 2 rings (SSSR count). The molecule has 1 aliphatic heterocycles. The largest absolute Gasteiger partial charge is 0.394 e. The Labute approximate surface area is 82.0 Å². The number of aryl methyl sites for hydroxylation is 1. The van der Waals surface area contributed by atoms with Gasteiger partial charge in [-0.15, -0.1) is 0 Å². The van der Waals surface area contributed by atoms with E-state index in [2.05, 4.69) is 5.10 Å². The third-order valence-corrected chi connectivity index (χ3v) is 2.59. The molecular formula is C9H15N3O2. The van der Waals surface area contributed by atoms with Crippen molar-refractivity contribution in [1.29, 1.82) is 0 Å². The lowest BCUT2D eigenvalue weighted by molar-refractivity contribution is 0.266. The van der Waals surface area contributed by atoms with E-state index in [0.29, 0.717) is 6.54 Å². The van der Waals surface area contributed by atoms with Gasteiger partial charge >= 0.3 is 5.69 Å². The molecule has 1 aliphatic rings. The highest BCUT2D eigenvalue weighted by atomic mass is 16.3. The summed E-state index contributed by atoms with van der Waals surface area (Å²) < 4.78 is 3.10. The van der Waals surface area contributed by atoms with Crippen LogP contribution in [-0.2, 0) is 19.5 Å². The molecule has 0 spiro atoms. The molecule has 0 radical (unpaired) electrons. The van der Waals surface area contributed by atoms with E-state index in [1.54, 1.807) is 4.57 Å². The zero-order valence-electron chi connectivity index (χ0n) is 8.15. The summed E-state index contributed by atoms with van der Waals surface area (Å²) in [5, 5.41) is 13.0. The predicted molar refractivity (Wildman–Crippen MR) is 51.1 cm³/mol. The van der Waals surface area contributed by atoms with Gasteiger partial charge in [0.1, 0.15) is 5.82 Å². The molecule has 0 fully saturated rings. The fourth-order valence-electron chi connectivity index (χ4n) is 1.87. The van der Waals surface area contributed by atoms with Crippen LogP contribution in [0, 0.1) is 0 Å². The van der Waals surface area contributed by atoms with Gasteiger partial charge in [0.2, 0.25) is 0 Å². The van der Waals surface area contributed by atoms with E-state index in [1.807, 2.05) is 0 Å². The minimum absolute atomic E-state index is 0.0314. The van der Waals surface area contributed by atoms with Crippen LogP contribution in [0.25, 0.3) is 0 Å². The second kappa shape index (κ2) is 3.96. The fourth-order valence-corrected chi connectivity index (χ4v) is 1.87. The molecule has 0 unspecified atom stereocenters. The van der Waals surface area contributed by atoms with E-state index >= 15 is 0 Å². The first-order valence-electron chi connectivity index (χ1n) is 5.10. The topological polar surface area (TPSA) is 60.1 Å². The predicted octanol–water partition coefficient (Wildman–Crippen LogP) is -0.237. The summed E-state index contributed by atoms with van der Waals surface area (Å²) in [7, 11) is 0. The third-order valence-electron chi connectivity index (χ3n) is 2.59. The zero-order chi connectivity index (χ0) is 9.97. The summed E-state index contributed by atoms with van der Waals surface area (Å²) >= 11 is 0. The van der Waals surface area contributed by atoms with Crippen LogP contribution in [0.1, 0.15) is 25.1 Å². The molecular weight excluding hydrogens is 182 g/mol. The van der Waals surface area contributed by atoms with Crippen LogP contribution in [0.15, 0.2) is 4.79 Å². The summed E-state index contributed by atoms with van der Waals surface area (Å²) in [5.74, 6) is 0.876. The van der Waals surface area contributed by atoms with E-state index in [9.17, 15) is 4.79 Å². The molecule has 14 heavy (non-hydrogen) atoms. The quantitative estimate of drug-likeness (QED) is 0.712. The molecule has 5 nitrogen and oxygen atoms in total. The molecule has 1 aromatic heterocycles. The number of aromatic nitrogens is 3. The van der Waals surface area contributed by atoms with Crippen LogP contribution in [0.3, 0.4) is 0 Å². The van der Waals surface area contributed by atoms with Crippen LogP contribution in [-0.4, -0.2) is 26.1 Å². The van der Waals surface area contributed by atoms with Crippen molar-refractivity contribution in [2.24, 2.45) is 0 Å². The number of hydrogen-bond donors (Lipinski definition) is 1. The van der Waals surface area contributed by atoms with Crippen molar-refractivity contribution in [3.63, 3.8) is 0 Å². The van der Waals surface area contributed by atoms with Crippen molar-refractivity contribution < 1.29 is 5.11 Å². The summed E-state index contributed by atoms with van der Waals surface area (Å²) in [4.78, 5) is 11.7. The van der Waals surface area contributed by atoms with Gasteiger partial charge in [-0.2, -0.15) is 5.10 Å². The lowest BCUT2D eigenvalue weighted by Crippen LogP contribution is -2.26. The molecule has 0 aromatic carbocycles. The van der Waals surface area contributed by atoms with Gasteiger partial charge in [-0.05, 0) is 12.8 Å². The molecule has 1 aromatic rings. The summed E-state index contributed by atoms with van der Waals surface area (Å²) in [5.41, 5.74) is -0.0732. The molecule has 5 heteroatoms. The SMILES string of the molecule is O=c1n(CCO)nc2n1CCCCC2. The van der Waals surface area contributed by atoms with Gasteiger partial charge in [0, 0.05) is 13.0 Å².